The van der Waals surface area contributed by atoms with Crippen molar-refractivity contribution < 1.29 is 77.9 Å². The molecule has 29 heavy (non-hydrogen) atoms. The van der Waals surface area contributed by atoms with Gasteiger partial charge in [-0.2, -0.15) is 0 Å². The normalized spacial score (nSPS) is 7.38. The molecule has 0 heterocycles. The molecule has 0 unspecified atom stereocenters. The Bertz CT molecular complexity index is 333. The minimum atomic E-state index is -1.23. The van der Waals surface area contributed by atoms with Gasteiger partial charge in [0.25, 0.3) is 0 Å². The fraction of sp³-hybridized carbons (Fsp3) is 0.600. The first-order chi connectivity index (χ1) is 9.20. The van der Waals surface area contributed by atoms with Gasteiger partial charge in [0.05, 0.1) is 26.2 Å². The summed E-state index contributed by atoms with van der Waals surface area (Å²) in [5.41, 5.74) is 0. The van der Waals surface area contributed by atoms with E-state index in [1.54, 1.807) is 0 Å². The van der Waals surface area contributed by atoms with Crippen molar-refractivity contribution in [2.75, 3.05) is 39.3 Å². The third-order valence-electron chi connectivity index (χ3n) is 2.17. The molecule has 19 heteroatoms. The predicted molar refractivity (Wildman–Crippen MR) is 100 cm³/mol. The molecule has 0 fully saturated rings. The minimum Gasteiger partial charge on any atom is -0.480 e. The van der Waals surface area contributed by atoms with Gasteiger partial charge >= 0.3 is 23.9 Å². The Morgan fingerprint density at radius 3 is 0.690 bits per heavy atom. The SMILES string of the molecule is O.O.O.O.O.O.O.O=C(O)CN(CCN(CC(=O)O)CC(=O)O)CC(=O)O.[Na].[Na]. The van der Waals surface area contributed by atoms with E-state index in [1.165, 1.54) is 0 Å². The van der Waals surface area contributed by atoms with Crippen molar-refractivity contribution in [2.45, 2.75) is 0 Å². The minimum absolute atomic E-state index is 0. The summed E-state index contributed by atoms with van der Waals surface area (Å²) >= 11 is 0. The van der Waals surface area contributed by atoms with Crippen molar-refractivity contribution >= 4 is 83.0 Å². The second kappa shape index (κ2) is 35.0. The molecule has 172 valence electrons. The van der Waals surface area contributed by atoms with Gasteiger partial charge < -0.3 is 58.8 Å². The van der Waals surface area contributed by atoms with Crippen LogP contribution in [0.25, 0.3) is 0 Å². The molecule has 0 amide bonds. The van der Waals surface area contributed by atoms with Gasteiger partial charge in [-0.1, -0.05) is 0 Å². The molecule has 0 rings (SSSR count). The maximum atomic E-state index is 10.6. The smallest absolute Gasteiger partial charge is 0.317 e. The van der Waals surface area contributed by atoms with Crippen LogP contribution in [-0.2, 0) is 19.2 Å². The molecule has 0 saturated carbocycles. The first-order valence-corrected chi connectivity index (χ1v) is 5.52. The van der Waals surface area contributed by atoms with Crippen LogP contribution in [0.2, 0.25) is 0 Å². The van der Waals surface area contributed by atoms with Crippen LogP contribution < -0.4 is 0 Å². The number of hydrogen-bond acceptors (Lipinski definition) is 6. The standard InChI is InChI=1S/C10H16N2O8.2Na.7H2O/c13-7(14)3-11(4-8(15)16)1-2-12(5-9(17)18)6-10(19)20;;;;;;;;;/h1-6H2,(H,13,14)(H,15,16)(H,17,18)(H,19,20);;;7*1H2. The number of carboxylic acids is 4. The van der Waals surface area contributed by atoms with Gasteiger partial charge in [0.1, 0.15) is 0 Å². The Kier molecular flexibility index (Phi) is 76.0. The molecule has 0 atom stereocenters. The zero-order chi connectivity index (χ0) is 15.7. The molecule has 2 radical (unpaired) electrons. The Hall–Kier alpha value is -0.480. The molecule has 0 aliphatic heterocycles. The fourth-order valence-electron chi connectivity index (χ4n) is 1.48. The van der Waals surface area contributed by atoms with Crippen LogP contribution in [0, 0.1) is 0 Å². The van der Waals surface area contributed by atoms with Crippen molar-refractivity contribution in [3.63, 3.8) is 0 Å². The number of hydrogen-bond donors (Lipinski definition) is 4. The maximum Gasteiger partial charge on any atom is 0.317 e. The molecule has 17 nitrogen and oxygen atoms in total. The zero-order valence-corrected chi connectivity index (χ0v) is 20.1. The van der Waals surface area contributed by atoms with Crippen LogP contribution in [0.5, 0.6) is 0 Å². The molecule has 18 N–H and O–H groups in total. The second-order valence-electron chi connectivity index (χ2n) is 4.00. The maximum absolute atomic E-state index is 10.6. The predicted octanol–water partition coefficient (Wildman–Crippen LogP) is -8.61. The number of carboxylic acid groups (broad SMARTS) is 4. The van der Waals surface area contributed by atoms with E-state index in [0.29, 0.717) is 0 Å². The average Bonchev–Trinajstić information content (AvgIpc) is 2.22. The second-order valence-corrected chi connectivity index (χ2v) is 4.00. The zero-order valence-electron chi connectivity index (χ0n) is 16.1. The summed E-state index contributed by atoms with van der Waals surface area (Å²) in [5, 5.41) is 34.5. The number of aliphatic carboxylic acids is 4. The van der Waals surface area contributed by atoms with E-state index in [-0.39, 0.29) is 111 Å². The Balaban J connectivity index is -0.0000000501. The van der Waals surface area contributed by atoms with Crippen LogP contribution in [0.15, 0.2) is 0 Å². The summed E-state index contributed by atoms with van der Waals surface area (Å²) in [4.78, 5) is 44.4. The van der Waals surface area contributed by atoms with E-state index in [4.69, 9.17) is 20.4 Å². The third kappa shape index (κ3) is 42.6. The van der Waals surface area contributed by atoms with Crippen LogP contribution >= 0.6 is 0 Å². The van der Waals surface area contributed by atoms with Gasteiger partial charge in [0.15, 0.2) is 0 Å². The van der Waals surface area contributed by atoms with Crippen LogP contribution in [0.3, 0.4) is 0 Å². The number of nitrogens with zero attached hydrogens (tertiary/aromatic N) is 2. The van der Waals surface area contributed by atoms with Crippen LogP contribution in [0.1, 0.15) is 0 Å². The van der Waals surface area contributed by atoms with Crippen molar-refractivity contribution in [1.82, 2.24) is 9.80 Å². The molecule has 0 aromatic carbocycles. The molecule has 0 spiro atoms. The number of carbonyl (C=O) groups is 4. The molecular weight excluding hydrogens is 434 g/mol. The number of rotatable bonds is 11. The van der Waals surface area contributed by atoms with E-state index in [2.05, 4.69) is 0 Å². The summed E-state index contributed by atoms with van der Waals surface area (Å²) in [6, 6.07) is 0. The van der Waals surface area contributed by atoms with Crippen molar-refractivity contribution in [1.29, 1.82) is 0 Å². The fourth-order valence-corrected chi connectivity index (χ4v) is 1.48. The van der Waals surface area contributed by atoms with E-state index in [9.17, 15) is 19.2 Å². The van der Waals surface area contributed by atoms with Crippen LogP contribution in [-0.4, -0.2) is 191 Å². The van der Waals surface area contributed by atoms with E-state index < -0.39 is 50.1 Å². The molecule has 0 aromatic rings. The summed E-state index contributed by atoms with van der Waals surface area (Å²) in [5.74, 6) is -4.91. The van der Waals surface area contributed by atoms with Gasteiger partial charge in [-0.25, -0.2) is 0 Å². The Morgan fingerprint density at radius 1 is 0.448 bits per heavy atom. The van der Waals surface area contributed by atoms with Crippen molar-refractivity contribution in [3.05, 3.63) is 0 Å². The van der Waals surface area contributed by atoms with Crippen molar-refractivity contribution in [3.8, 4) is 0 Å². The van der Waals surface area contributed by atoms with Crippen molar-refractivity contribution in [2.24, 2.45) is 0 Å². The quantitative estimate of drug-likeness (QED) is 0.209. The third-order valence-corrected chi connectivity index (χ3v) is 2.17. The van der Waals surface area contributed by atoms with Gasteiger partial charge in [0.2, 0.25) is 0 Å². The summed E-state index contributed by atoms with van der Waals surface area (Å²) in [7, 11) is 0. The molecule has 0 aliphatic rings. The Labute approximate surface area is 209 Å². The molecular formula is C10H30N2Na2O15. The largest absolute Gasteiger partial charge is 0.480 e. The van der Waals surface area contributed by atoms with Gasteiger partial charge in [-0.15, -0.1) is 0 Å². The molecule has 0 aromatic heterocycles. The molecule has 0 bridgehead atoms. The summed E-state index contributed by atoms with van der Waals surface area (Å²) in [6.45, 7) is -2.25. The average molecular weight is 464 g/mol. The monoisotopic (exact) mass is 464 g/mol. The first-order valence-electron chi connectivity index (χ1n) is 5.52. The van der Waals surface area contributed by atoms with E-state index >= 15 is 0 Å². The summed E-state index contributed by atoms with van der Waals surface area (Å²) in [6.07, 6.45) is 0. The van der Waals surface area contributed by atoms with Gasteiger partial charge in [-0.05, 0) is 0 Å². The van der Waals surface area contributed by atoms with Gasteiger partial charge in [0, 0.05) is 72.2 Å². The van der Waals surface area contributed by atoms with E-state index in [1.807, 2.05) is 0 Å². The molecule has 0 saturated heterocycles. The van der Waals surface area contributed by atoms with E-state index in [0.717, 1.165) is 9.80 Å². The first kappa shape index (κ1) is 63.0. The van der Waals surface area contributed by atoms with Crippen LogP contribution in [0.4, 0.5) is 0 Å². The van der Waals surface area contributed by atoms with Gasteiger partial charge in [-0.3, -0.25) is 29.0 Å². The topological polar surface area (TPSA) is 376 Å². The Morgan fingerprint density at radius 2 is 0.586 bits per heavy atom. The molecule has 0 aliphatic carbocycles. The summed E-state index contributed by atoms with van der Waals surface area (Å²) < 4.78 is 0.